The molecule has 0 fully saturated rings. The molecule has 20 heavy (non-hydrogen) atoms. The van der Waals surface area contributed by atoms with Crippen molar-refractivity contribution in [2.24, 2.45) is 0 Å². The quantitative estimate of drug-likeness (QED) is 0.887. The molecule has 0 aliphatic heterocycles. The normalized spacial score (nSPS) is 10.1. The van der Waals surface area contributed by atoms with Crippen LogP contribution in [-0.2, 0) is 0 Å². The van der Waals surface area contributed by atoms with Crippen LogP contribution in [0.1, 0.15) is 23.8 Å². The Balaban J connectivity index is 2.16. The second-order valence-corrected chi connectivity index (χ2v) is 4.53. The molecule has 0 aromatic carbocycles. The molecular weight excluding hydrogens is 276 g/mol. The summed E-state index contributed by atoms with van der Waals surface area (Å²) in [6.07, 6.45) is 2.57. The molecule has 0 saturated carbocycles. The second-order valence-electron chi connectivity index (χ2n) is 4.12. The summed E-state index contributed by atoms with van der Waals surface area (Å²) in [6.45, 7) is 2.84. The van der Waals surface area contributed by atoms with E-state index in [9.17, 15) is 4.79 Å². The molecule has 0 unspecified atom stereocenters. The highest BCUT2D eigenvalue weighted by Gasteiger charge is 2.13. The fourth-order valence-corrected chi connectivity index (χ4v) is 1.76. The molecule has 2 heterocycles. The van der Waals surface area contributed by atoms with Gasteiger partial charge in [-0.1, -0.05) is 24.6 Å². The Labute approximate surface area is 122 Å². The van der Waals surface area contributed by atoms with Crippen LogP contribution in [0.3, 0.4) is 0 Å². The van der Waals surface area contributed by atoms with Crippen LogP contribution in [0.15, 0.2) is 36.5 Å². The van der Waals surface area contributed by atoms with E-state index in [1.807, 2.05) is 0 Å². The van der Waals surface area contributed by atoms with Gasteiger partial charge in [0, 0.05) is 12.7 Å². The molecule has 0 saturated heterocycles. The van der Waals surface area contributed by atoms with Crippen LogP contribution < -0.4 is 10.6 Å². The molecule has 6 heteroatoms. The van der Waals surface area contributed by atoms with E-state index in [0.29, 0.717) is 16.7 Å². The van der Waals surface area contributed by atoms with Gasteiger partial charge in [0.15, 0.2) is 0 Å². The van der Waals surface area contributed by atoms with Gasteiger partial charge in [0.2, 0.25) is 0 Å². The van der Waals surface area contributed by atoms with E-state index in [0.717, 1.165) is 13.0 Å². The van der Waals surface area contributed by atoms with Gasteiger partial charge in [-0.3, -0.25) is 4.79 Å². The van der Waals surface area contributed by atoms with Crippen LogP contribution in [0, 0.1) is 0 Å². The minimum Gasteiger partial charge on any atom is -0.370 e. The summed E-state index contributed by atoms with van der Waals surface area (Å²) in [5.74, 6) is 0.707. The van der Waals surface area contributed by atoms with Gasteiger partial charge in [0.05, 0.1) is 5.02 Å². The van der Waals surface area contributed by atoms with Gasteiger partial charge in [-0.15, -0.1) is 0 Å². The number of hydrogen-bond acceptors (Lipinski definition) is 4. The van der Waals surface area contributed by atoms with Gasteiger partial charge in [0.25, 0.3) is 5.91 Å². The van der Waals surface area contributed by atoms with Crippen molar-refractivity contribution < 1.29 is 4.79 Å². The Kier molecular flexibility index (Phi) is 4.90. The fourth-order valence-electron chi connectivity index (χ4n) is 1.57. The van der Waals surface area contributed by atoms with Gasteiger partial charge >= 0.3 is 0 Å². The van der Waals surface area contributed by atoms with E-state index in [1.165, 1.54) is 0 Å². The maximum Gasteiger partial charge on any atom is 0.277 e. The first-order chi connectivity index (χ1) is 9.70. The van der Waals surface area contributed by atoms with Crippen molar-refractivity contribution in [3.05, 3.63) is 47.2 Å². The molecule has 0 spiro atoms. The maximum absolute atomic E-state index is 12.1. The van der Waals surface area contributed by atoms with Gasteiger partial charge < -0.3 is 10.6 Å². The van der Waals surface area contributed by atoms with Crippen molar-refractivity contribution in [3.63, 3.8) is 0 Å². The van der Waals surface area contributed by atoms with Gasteiger partial charge in [0.1, 0.15) is 17.3 Å². The average molecular weight is 291 g/mol. The van der Waals surface area contributed by atoms with Crippen LogP contribution in [0.25, 0.3) is 0 Å². The minimum atomic E-state index is -0.381. The smallest absolute Gasteiger partial charge is 0.277 e. The lowest BCUT2D eigenvalue weighted by atomic mass is 10.3. The first-order valence-electron chi connectivity index (χ1n) is 6.33. The van der Waals surface area contributed by atoms with E-state index in [4.69, 9.17) is 11.6 Å². The van der Waals surface area contributed by atoms with Crippen molar-refractivity contribution >= 4 is 29.1 Å². The first kappa shape index (κ1) is 14.3. The molecule has 0 aliphatic carbocycles. The molecule has 0 radical (unpaired) electrons. The van der Waals surface area contributed by atoms with Crippen LogP contribution in [0.4, 0.5) is 11.6 Å². The summed E-state index contributed by atoms with van der Waals surface area (Å²) in [6, 6.07) is 8.66. The Hall–Kier alpha value is -2.14. The molecule has 2 N–H and O–H groups in total. The average Bonchev–Trinajstić information content (AvgIpc) is 2.47. The molecule has 2 aromatic heterocycles. The Morgan fingerprint density at radius 1 is 1.25 bits per heavy atom. The molecule has 0 aliphatic rings. The molecule has 1 amide bonds. The van der Waals surface area contributed by atoms with Crippen molar-refractivity contribution in [1.82, 2.24) is 9.97 Å². The third-order valence-corrected chi connectivity index (χ3v) is 2.83. The lowest BCUT2D eigenvalue weighted by Gasteiger charge is -2.08. The molecule has 2 rings (SSSR count). The molecule has 2 aromatic rings. The highest BCUT2D eigenvalue weighted by molar-refractivity contribution is 6.34. The summed E-state index contributed by atoms with van der Waals surface area (Å²) in [5.41, 5.74) is 0.179. The molecule has 104 valence electrons. The van der Waals surface area contributed by atoms with E-state index >= 15 is 0 Å². The van der Waals surface area contributed by atoms with Crippen LogP contribution >= 0.6 is 11.6 Å². The minimum absolute atomic E-state index is 0.179. The predicted molar refractivity (Wildman–Crippen MR) is 80.2 cm³/mol. The topological polar surface area (TPSA) is 66.9 Å². The predicted octanol–water partition coefficient (Wildman–Crippen LogP) is 3.20. The standard InChI is InChI=1S/C14H15ClN4O/c1-2-8-16-12-7-6-10(15)13(18-12)14(20)19-11-5-3-4-9-17-11/h3-7,9H,2,8H2,1H3,(H,16,18)(H,17,19,20). The zero-order chi connectivity index (χ0) is 14.4. The zero-order valence-corrected chi connectivity index (χ0v) is 11.8. The lowest BCUT2D eigenvalue weighted by Crippen LogP contribution is -2.16. The Morgan fingerprint density at radius 2 is 2.10 bits per heavy atom. The maximum atomic E-state index is 12.1. The van der Waals surface area contributed by atoms with Crippen molar-refractivity contribution in [3.8, 4) is 0 Å². The number of nitrogens with one attached hydrogen (secondary N) is 2. The first-order valence-corrected chi connectivity index (χ1v) is 6.71. The van der Waals surface area contributed by atoms with Crippen LogP contribution in [0.2, 0.25) is 5.02 Å². The SMILES string of the molecule is CCCNc1ccc(Cl)c(C(=O)Nc2ccccn2)n1. The third kappa shape index (κ3) is 3.68. The van der Waals surface area contributed by atoms with Crippen molar-refractivity contribution in [2.75, 3.05) is 17.2 Å². The third-order valence-electron chi connectivity index (χ3n) is 2.52. The summed E-state index contributed by atoms with van der Waals surface area (Å²) < 4.78 is 0. The molecule has 5 nitrogen and oxygen atoms in total. The number of aromatic nitrogens is 2. The summed E-state index contributed by atoms with van der Waals surface area (Å²) >= 11 is 6.02. The Bertz CT molecular complexity index is 589. The fraction of sp³-hybridized carbons (Fsp3) is 0.214. The second kappa shape index (κ2) is 6.86. The lowest BCUT2D eigenvalue weighted by molar-refractivity contribution is 0.102. The zero-order valence-electron chi connectivity index (χ0n) is 11.1. The van der Waals surface area contributed by atoms with Crippen molar-refractivity contribution in [1.29, 1.82) is 0 Å². The number of anilines is 2. The number of halogens is 1. The number of hydrogen-bond donors (Lipinski definition) is 2. The monoisotopic (exact) mass is 290 g/mol. The number of pyridine rings is 2. The summed E-state index contributed by atoms with van der Waals surface area (Å²) in [4.78, 5) is 20.4. The van der Waals surface area contributed by atoms with Gasteiger partial charge in [-0.25, -0.2) is 9.97 Å². The largest absolute Gasteiger partial charge is 0.370 e. The van der Waals surface area contributed by atoms with E-state index < -0.39 is 0 Å². The van der Waals surface area contributed by atoms with Gasteiger partial charge in [-0.05, 0) is 30.7 Å². The van der Waals surface area contributed by atoms with E-state index in [2.05, 4.69) is 27.5 Å². The number of carbonyl (C=O) groups excluding carboxylic acids is 1. The molecule has 0 bridgehead atoms. The van der Waals surface area contributed by atoms with Crippen LogP contribution in [-0.4, -0.2) is 22.4 Å². The molecule has 0 atom stereocenters. The number of rotatable bonds is 5. The van der Waals surface area contributed by atoms with E-state index in [1.54, 1.807) is 36.5 Å². The van der Waals surface area contributed by atoms with E-state index in [-0.39, 0.29) is 11.6 Å². The molecular formula is C14H15ClN4O. The summed E-state index contributed by atoms with van der Waals surface area (Å²) in [5, 5.41) is 6.08. The number of carbonyl (C=O) groups is 1. The highest BCUT2D eigenvalue weighted by atomic mass is 35.5. The number of amides is 1. The van der Waals surface area contributed by atoms with Gasteiger partial charge in [-0.2, -0.15) is 0 Å². The Morgan fingerprint density at radius 3 is 2.80 bits per heavy atom. The number of nitrogens with zero attached hydrogens (tertiary/aromatic N) is 2. The van der Waals surface area contributed by atoms with Crippen molar-refractivity contribution in [2.45, 2.75) is 13.3 Å². The summed E-state index contributed by atoms with van der Waals surface area (Å²) in [7, 11) is 0. The highest BCUT2D eigenvalue weighted by Crippen LogP contribution is 2.18. The van der Waals surface area contributed by atoms with Crippen LogP contribution in [0.5, 0.6) is 0 Å².